The second kappa shape index (κ2) is 10.1. The average Bonchev–Trinajstić information content (AvgIpc) is 3.50. The van der Waals surface area contributed by atoms with Crippen LogP contribution in [-0.4, -0.2) is 48.8 Å². The molecule has 0 radical (unpaired) electrons. The molecule has 2 unspecified atom stereocenters. The number of carbonyl (C=O) groups excluding carboxylic acids is 1. The Hall–Kier alpha value is -4.33. The number of rotatable bonds is 8. The lowest BCUT2D eigenvalue weighted by Crippen LogP contribution is -2.27. The van der Waals surface area contributed by atoms with Gasteiger partial charge in [0.1, 0.15) is 24.7 Å². The molecule has 184 valence electrons. The number of aliphatic carboxylic acids is 1. The molecule has 1 amide bonds. The Balaban J connectivity index is 1.19. The van der Waals surface area contributed by atoms with Crippen molar-refractivity contribution in [3.63, 3.8) is 0 Å². The minimum absolute atomic E-state index is 0.0937. The lowest BCUT2D eigenvalue weighted by Gasteiger charge is -2.15. The number of aliphatic imine (C=N–C) groups is 1. The van der Waals surface area contributed by atoms with Gasteiger partial charge < -0.3 is 20.3 Å². The van der Waals surface area contributed by atoms with Gasteiger partial charge >= 0.3 is 12.1 Å². The van der Waals surface area contributed by atoms with Crippen molar-refractivity contribution < 1.29 is 24.2 Å². The number of hydrogen-bond acceptors (Lipinski definition) is 5. The van der Waals surface area contributed by atoms with Crippen LogP contribution in [-0.2, 0) is 16.0 Å². The summed E-state index contributed by atoms with van der Waals surface area (Å²) in [5, 5.41) is 8.79. The molecule has 3 aromatic rings. The van der Waals surface area contributed by atoms with Gasteiger partial charge in [-0.25, -0.2) is 4.79 Å². The van der Waals surface area contributed by atoms with Gasteiger partial charge in [0.05, 0.1) is 6.54 Å². The van der Waals surface area contributed by atoms with Crippen LogP contribution in [0.4, 0.5) is 10.5 Å². The molecule has 8 heteroatoms. The normalized spacial score (nSPS) is 19.2. The number of cyclic esters (lactones) is 1. The molecule has 2 atom stereocenters. The Bertz CT molecular complexity index is 1300. The summed E-state index contributed by atoms with van der Waals surface area (Å²) < 4.78 is 11.4. The third-order valence-electron chi connectivity index (χ3n) is 6.56. The van der Waals surface area contributed by atoms with Crippen molar-refractivity contribution in [3.05, 3.63) is 95.1 Å². The maximum absolute atomic E-state index is 12.5. The molecule has 8 nitrogen and oxygen atoms in total. The fourth-order valence-corrected chi connectivity index (χ4v) is 4.79. The van der Waals surface area contributed by atoms with Crippen molar-refractivity contribution in [1.29, 1.82) is 0 Å². The minimum Gasteiger partial charge on any atom is -0.490 e. The first kappa shape index (κ1) is 23.4. The van der Waals surface area contributed by atoms with E-state index in [1.54, 1.807) is 24.3 Å². The second-order valence-corrected chi connectivity index (χ2v) is 8.93. The number of ether oxygens (including phenoxy) is 2. The summed E-state index contributed by atoms with van der Waals surface area (Å²) in [6.07, 6.45) is 1.32. The number of aryl methyl sites for hydroxylation is 1. The van der Waals surface area contributed by atoms with Crippen molar-refractivity contribution in [2.24, 2.45) is 10.7 Å². The summed E-state index contributed by atoms with van der Waals surface area (Å²) in [4.78, 5) is 28.6. The number of hydrogen-bond donors (Lipinski definition) is 2. The third kappa shape index (κ3) is 5.02. The van der Waals surface area contributed by atoms with E-state index in [0.29, 0.717) is 23.7 Å². The largest absolute Gasteiger partial charge is 0.490 e. The highest BCUT2D eigenvalue weighted by Gasteiger charge is 2.33. The molecule has 1 saturated heterocycles. The monoisotopic (exact) mass is 485 g/mol. The first-order valence-electron chi connectivity index (χ1n) is 11.9. The fourth-order valence-electron chi connectivity index (χ4n) is 4.79. The number of nitrogens with zero attached hydrogens (tertiary/aromatic N) is 2. The van der Waals surface area contributed by atoms with Crippen molar-refractivity contribution in [1.82, 2.24) is 0 Å². The molecule has 5 rings (SSSR count). The first-order chi connectivity index (χ1) is 17.5. The number of amidine groups is 1. The van der Waals surface area contributed by atoms with Crippen LogP contribution in [0.1, 0.15) is 34.6 Å². The van der Waals surface area contributed by atoms with Gasteiger partial charge in [0, 0.05) is 17.2 Å². The number of benzene rings is 3. The predicted octanol–water partition coefficient (Wildman–Crippen LogP) is 3.96. The number of fused-ring (bicyclic) bond motifs is 1. The Morgan fingerprint density at radius 3 is 2.72 bits per heavy atom. The van der Waals surface area contributed by atoms with Crippen LogP contribution in [0.3, 0.4) is 0 Å². The average molecular weight is 486 g/mol. The van der Waals surface area contributed by atoms with Crippen LogP contribution in [0, 0.1) is 0 Å². The minimum atomic E-state index is -1.07. The molecule has 2 aliphatic rings. The van der Waals surface area contributed by atoms with Gasteiger partial charge in [0.25, 0.3) is 0 Å². The van der Waals surface area contributed by atoms with E-state index in [4.69, 9.17) is 20.3 Å². The van der Waals surface area contributed by atoms with Gasteiger partial charge in [-0.05, 0) is 53.8 Å². The van der Waals surface area contributed by atoms with Crippen LogP contribution in [0.25, 0.3) is 0 Å². The zero-order chi connectivity index (χ0) is 25.1. The highest BCUT2D eigenvalue weighted by Crippen LogP contribution is 2.38. The first-order valence-corrected chi connectivity index (χ1v) is 11.9. The lowest BCUT2D eigenvalue weighted by atomic mass is 9.93. The summed E-state index contributed by atoms with van der Waals surface area (Å²) in [5.74, 6) is 0.164. The molecule has 1 heterocycles. The summed E-state index contributed by atoms with van der Waals surface area (Å²) in [6, 6.07) is 23.6. The molecule has 0 bridgehead atoms. The van der Waals surface area contributed by atoms with Crippen LogP contribution >= 0.6 is 0 Å². The molecule has 1 fully saturated rings. The van der Waals surface area contributed by atoms with Gasteiger partial charge in [0.2, 0.25) is 0 Å². The Morgan fingerprint density at radius 2 is 1.92 bits per heavy atom. The smallest absolute Gasteiger partial charge is 0.414 e. The maximum Gasteiger partial charge on any atom is 0.414 e. The third-order valence-corrected chi connectivity index (χ3v) is 6.56. The molecule has 0 aromatic heterocycles. The summed E-state index contributed by atoms with van der Waals surface area (Å²) >= 11 is 0. The zero-order valence-corrected chi connectivity index (χ0v) is 19.7. The van der Waals surface area contributed by atoms with E-state index in [-0.39, 0.29) is 12.4 Å². The quantitative estimate of drug-likeness (QED) is 0.369. The molecule has 1 aliphatic heterocycles. The molecule has 0 spiro atoms. The SMILES string of the molecule is NC(=NCC(=O)O)c1cccc(N2CC(COc3ccc(C4CCc5ccccc54)cc3)OC2=O)c1. The van der Waals surface area contributed by atoms with E-state index >= 15 is 0 Å². The van der Waals surface area contributed by atoms with Crippen LogP contribution in [0.2, 0.25) is 0 Å². The van der Waals surface area contributed by atoms with E-state index in [1.807, 2.05) is 12.1 Å². The van der Waals surface area contributed by atoms with Crippen LogP contribution in [0.5, 0.6) is 5.75 Å². The molecule has 0 saturated carbocycles. The van der Waals surface area contributed by atoms with Gasteiger partial charge in [-0.15, -0.1) is 0 Å². The Kier molecular flexibility index (Phi) is 6.58. The van der Waals surface area contributed by atoms with Gasteiger partial charge in [-0.1, -0.05) is 48.5 Å². The number of nitrogens with two attached hydrogens (primary N) is 1. The van der Waals surface area contributed by atoms with Crippen molar-refractivity contribution >= 4 is 23.6 Å². The number of carbonyl (C=O) groups is 2. The molecule has 3 aromatic carbocycles. The Morgan fingerprint density at radius 1 is 1.11 bits per heavy atom. The molecule has 1 aliphatic carbocycles. The molecular formula is C28H27N3O5. The summed E-state index contributed by atoms with van der Waals surface area (Å²) in [7, 11) is 0. The van der Waals surface area contributed by atoms with Gasteiger partial charge in [0.15, 0.2) is 6.10 Å². The number of carboxylic acid groups (broad SMARTS) is 1. The second-order valence-electron chi connectivity index (χ2n) is 8.93. The number of amides is 1. The fraction of sp³-hybridized carbons (Fsp3) is 0.250. The highest BCUT2D eigenvalue weighted by molar-refractivity contribution is 6.00. The number of carboxylic acids is 1. The van der Waals surface area contributed by atoms with Crippen molar-refractivity contribution in [2.75, 3.05) is 24.6 Å². The van der Waals surface area contributed by atoms with Crippen LogP contribution in [0.15, 0.2) is 77.8 Å². The number of anilines is 1. The molecule has 36 heavy (non-hydrogen) atoms. The highest BCUT2D eigenvalue weighted by atomic mass is 16.6. The van der Waals surface area contributed by atoms with E-state index in [1.165, 1.54) is 21.6 Å². The maximum atomic E-state index is 12.5. The topological polar surface area (TPSA) is 114 Å². The molecule has 3 N–H and O–H groups in total. The van der Waals surface area contributed by atoms with Gasteiger partial charge in [-0.3, -0.25) is 14.7 Å². The standard InChI is InChI=1S/C28H27N3O5/c29-27(30-15-26(32)33)20-5-3-6-21(14-20)31-16-23(36-28(31)34)17-35-22-11-8-19(9-12-22)25-13-10-18-4-1-2-7-24(18)25/h1-9,11-12,14,23,25H,10,13,15-17H2,(H2,29,30)(H,32,33). The van der Waals surface area contributed by atoms with Crippen molar-refractivity contribution in [3.8, 4) is 5.75 Å². The van der Waals surface area contributed by atoms with E-state index in [0.717, 1.165) is 18.6 Å². The molecular weight excluding hydrogens is 458 g/mol. The Labute approximate surface area is 209 Å². The van der Waals surface area contributed by atoms with Crippen LogP contribution < -0.4 is 15.4 Å². The van der Waals surface area contributed by atoms with Crippen molar-refractivity contribution in [2.45, 2.75) is 24.9 Å². The van der Waals surface area contributed by atoms with E-state index in [2.05, 4.69) is 41.4 Å². The van der Waals surface area contributed by atoms with E-state index in [9.17, 15) is 9.59 Å². The zero-order valence-electron chi connectivity index (χ0n) is 19.7. The predicted molar refractivity (Wildman–Crippen MR) is 136 cm³/mol. The van der Waals surface area contributed by atoms with E-state index < -0.39 is 24.7 Å². The van der Waals surface area contributed by atoms with Gasteiger partial charge in [-0.2, -0.15) is 0 Å². The summed E-state index contributed by atoms with van der Waals surface area (Å²) in [5.41, 5.74) is 11.1. The summed E-state index contributed by atoms with van der Waals surface area (Å²) in [6.45, 7) is 0.136. The lowest BCUT2D eigenvalue weighted by molar-refractivity contribution is -0.135.